The van der Waals surface area contributed by atoms with Gasteiger partial charge in [0.1, 0.15) is 11.5 Å². The predicted molar refractivity (Wildman–Crippen MR) is 80.5 cm³/mol. The summed E-state index contributed by atoms with van der Waals surface area (Å²) < 4.78 is 5.87. The number of furan rings is 1. The number of rotatable bonds is 7. The van der Waals surface area contributed by atoms with Crippen molar-refractivity contribution in [2.75, 3.05) is 0 Å². The van der Waals surface area contributed by atoms with Crippen molar-refractivity contribution >= 4 is 0 Å². The maximum atomic E-state index is 5.87. The van der Waals surface area contributed by atoms with E-state index in [2.05, 4.69) is 50.2 Å². The van der Waals surface area contributed by atoms with Crippen molar-refractivity contribution in [2.24, 2.45) is 0 Å². The third-order valence-corrected chi connectivity index (χ3v) is 3.59. The van der Waals surface area contributed by atoms with Gasteiger partial charge < -0.3 is 4.42 Å². The Morgan fingerprint density at radius 1 is 1.00 bits per heavy atom. The summed E-state index contributed by atoms with van der Waals surface area (Å²) in [5.41, 5.74) is 2.68. The molecule has 0 aliphatic carbocycles. The minimum atomic E-state index is 0.977. The molecule has 2 aromatic rings. The first-order valence-corrected chi connectivity index (χ1v) is 7.41. The smallest absolute Gasteiger partial charge is 0.104 e. The Labute approximate surface area is 116 Å². The summed E-state index contributed by atoms with van der Waals surface area (Å²) in [6.07, 6.45) is 7.23. The van der Waals surface area contributed by atoms with Gasteiger partial charge in [-0.3, -0.25) is 0 Å². The maximum absolute atomic E-state index is 5.87. The maximum Gasteiger partial charge on any atom is 0.104 e. The third-order valence-electron chi connectivity index (χ3n) is 3.59. The molecule has 1 heteroatoms. The van der Waals surface area contributed by atoms with E-state index in [4.69, 9.17) is 4.42 Å². The van der Waals surface area contributed by atoms with Crippen LogP contribution >= 0.6 is 0 Å². The SMILES string of the molecule is CCCCCCc1cc(Cc2ccccc2)c(C)o1. The van der Waals surface area contributed by atoms with Crippen LogP contribution in [0.25, 0.3) is 0 Å². The van der Waals surface area contributed by atoms with Gasteiger partial charge in [-0.25, -0.2) is 0 Å². The van der Waals surface area contributed by atoms with Crippen LogP contribution in [0.2, 0.25) is 0 Å². The van der Waals surface area contributed by atoms with Crippen LogP contribution in [0.3, 0.4) is 0 Å². The molecule has 1 nitrogen and oxygen atoms in total. The summed E-state index contributed by atoms with van der Waals surface area (Å²) >= 11 is 0. The summed E-state index contributed by atoms with van der Waals surface area (Å²) in [5, 5.41) is 0. The van der Waals surface area contributed by atoms with E-state index < -0.39 is 0 Å². The molecule has 0 spiro atoms. The van der Waals surface area contributed by atoms with E-state index in [9.17, 15) is 0 Å². The second-order valence-corrected chi connectivity index (χ2v) is 5.27. The Hall–Kier alpha value is -1.50. The molecule has 0 N–H and O–H groups in total. The Bertz CT molecular complexity index is 482. The van der Waals surface area contributed by atoms with E-state index in [1.54, 1.807) is 0 Å². The second kappa shape index (κ2) is 7.18. The molecule has 0 bridgehead atoms. The standard InChI is InChI=1S/C18H24O/c1-3-4-5-9-12-18-14-17(15(2)19-18)13-16-10-7-6-8-11-16/h6-8,10-11,14H,3-5,9,12-13H2,1-2H3. The van der Waals surface area contributed by atoms with Crippen LogP contribution in [0.5, 0.6) is 0 Å². The molecule has 0 radical (unpaired) electrons. The average molecular weight is 256 g/mol. The van der Waals surface area contributed by atoms with Crippen LogP contribution in [0.15, 0.2) is 40.8 Å². The van der Waals surface area contributed by atoms with Crippen LogP contribution < -0.4 is 0 Å². The molecule has 1 heterocycles. The molecule has 2 rings (SSSR count). The van der Waals surface area contributed by atoms with Crippen molar-refractivity contribution in [3.63, 3.8) is 0 Å². The minimum absolute atomic E-state index is 0.977. The van der Waals surface area contributed by atoms with Gasteiger partial charge in [-0.2, -0.15) is 0 Å². The van der Waals surface area contributed by atoms with Crippen LogP contribution in [-0.4, -0.2) is 0 Å². The van der Waals surface area contributed by atoms with E-state index in [1.807, 2.05) is 0 Å². The topological polar surface area (TPSA) is 13.1 Å². The molecular weight excluding hydrogens is 232 g/mol. The molecule has 1 aromatic heterocycles. The molecule has 0 amide bonds. The number of benzene rings is 1. The molecule has 102 valence electrons. The van der Waals surface area contributed by atoms with Crippen LogP contribution in [0.4, 0.5) is 0 Å². The van der Waals surface area contributed by atoms with Crippen LogP contribution in [0.1, 0.15) is 55.3 Å². The quantitative estimate of drug-likeness (QED) is 0.612. The lowest BCUT2D eigenvalue weighted by atomic mass is 10.0. The zero-order valence-electron chi connectivity index (χ0n) is 12.1. The minimum Gasteiger partial charge on any atom is -0.466 e. The van der Waals surface area contributed by atoms with Gasteiger partial charge in [0, 0.05) is 12.8 Å². The van der Waals surface area contributed by atoms with E-state index >= 15 is 0 Å². The highest BCUT2D eigenvalue weighted by Crippen LogP contribution is 2.20. The third kappa shape index (κ3) is 4.27. The van der Waals surface area contributed by atoms with E-state index in [1.165, 1.54) is 36.8 Å². The number of aryl methyl sites for hydroxylation is 2. The first kappa shape index (κ1) is 13.9. The predicted octanol–water partition coefficient (Wildman–Crippen LogP) is 5.30. The van der Waals surface area contributed by atoms with Gasteiger partial charge in [-0.15, -0.1) is 0 Å². The summed E-state index contributed by atoms with van der Waals surface area (Å²) in [7, 11) is 0. The Balaban J connectivity index is 1.93. The molecule has 0 fully saturated rings. The molecule has 1 aromatic carbocycles. The van der Waals surface area contributed by atoms with Gasteiger partial charge >= 0.3 is 0 Å². The fraction of sp³-hybridized carbons (Fsp3) is 0.444. The van der Waals surface area contributed by atoms with Crippen LogP contribution in [-0.2, 0) is 12.8 Å². The summed E-state index contributed by atoms with van der Waals surface area (Å²) in [4.78, 5) is 0. The van der Waals surface area contributed by atoms with Gasteiger partial charge in [-0.05, 0) is 30.5 Å². The summed E-state index contributed by atoms with van der Waals surface area (Å²) in [6, 6.07) is 12.8. The Morgan fingerprint density at radius 3 is 2.53 bits per heavy atom. The van der Waals surface area contributed by atoms with E-state index in [-0.39, 0.29) is 0 Å². The van der Waals surface area contributed by atoms with Crippen molar-refractivity contribution < 1.29 is 4.42 Å². The molecule has 0 unspecified atom stereocenters. The Morgan fingerprint density at radius 2 is 1.79 bits per heavy atom. The lowest BCUT2D eigenvalue weighted by molar-refractivity contribution is 0.470. The van der Waals surface area contributed by atoms with Gasteiger partial charge in [0.15, 0.2) is 0 Å². The second-order valence-electron chi connectivity index (χ2n) is 5.27. The van der Waals surface area contributed by atoms with Gasteiger partial charge in [0.25, 0.3) is 0 Å². The molecule has 0 atom stereocenters. The van der Waals surface area contributed by atoms with Crippen molar-refractivity contribution in [2.45, 2.75) is 52.4 Å². The van der Waals surface area contributed by atoms with Gasteiger partial charge in [0.05, 0.1) is 0 Å². The number of hydrogen-bond acceptors (Lipinski definition) is 1. The van der Waals surface area contributed by atoms with Crippen molar-refractivity contribution in [3.05, 3.63) is 59.0 Å². The number of hydrogen-bond donors (Lipinski definition) is 0. The van der Waals surface area contributed by atoms with E-state index in [0.29, 0.717) is 0 Å². The summed E-state index contributed by atoms with van der Waals surface area (Å²) in [6.45, 7) is 4.32. The van der Waals surface area contributed by atoms with E-state index in [0.717, 1.165) is 24.4 Å². The molecular formula is C18H24O. The molecule has 0 aliphatic heterocycles. The molecule has 0 aliphatic rings. The van der Waals surface area contributed by atoms with Crippen molar-refractivity contribution in [1.82, 2.24) is 0 Å². The molecule has 19 heavy (non-hydrogen) atoms. The monoisotopic (exact) mass is 256 g/mol. The lowest BCUT2D eigenvalue weighted by Crippen LogP contribution is -1.87. The van der Waals surface area contributed by atoms with Gasteiger partial charge in [-0.1, -0.05) is 56.5 Å². The lowest BCUT2D eigenvalue weighted by Gasteiger charge is -1.98. The fourth-order valence-electron chi connectivity index (χ4n) is 2.43. The zero-order valence-corrected chi connectivity index (χ0v) is 12.1. The average Bonchev–Trinajstić information content (AvgIpc) is 2.77. The number of unbranched alkanes of at least 4 members (excludes halogenated alkanes) is 3. The van der Waals surface area contributed by atoms with Crippen LogP contribution in [0, 0.1) is 6.92 Å². The normalized spacial score (nSPS) is 10.8. The highest BCUT2D eigenvalue weighted by molar-refractivity contribution is 5.29. The fourth-order valence-corrected chi connectivity index (χ4v) is 2.43. The zero-order chi connectivity index (χ0) is 13.5. The molecule has 0 saturated heterocycles. The van der Waals surface area contributed by atoms with Crippen molar-refractivity contribution in [1.29, 1.82) is 0 Å². The highest BCUT2D eigenvalue weighted by Gasteiger charge is 2.07. The van der Waals surface area contributed by atoms with Gasteiger partial charge in [0.2, 0.25) is 0 Å². The first-order chi connectivity index (χ1) is 9.29. The summed E-state index contributed by atoms with van der Waals surface area (Å²) in [5.74, 6) is 2.23. The first-order valence-electron chi connectivity index (χ1n) is 7.41. The van der Waals surface area contributed by atoms with Crippen molar-refractivity contribution in [3.8, 4) is 0 Å². The largest absolute Gasteiger partial charge is 0.466 e. The molecule has 0 saturated carbocycles. The Kier molecular flexibility index (Phi) is 5.26. The highest BCUT2D eigenvalue weighted by atomic mass is 16.3.